The molecule has 2 aliphatic heterocycles. The number of likely N-dealkylation sites (N-methyl/N-ethyl adjacent to an activating group) is 1. The molecule has 6 rings (SSSR count). The van der Waals surface area contributed by atoms with Crippen LogP contribution in [-0.2, 0) is 27.5 Å². The van der Waals surface area contributed by atoms with E-state index in [0.29, 0.717) is 23.9 Å². The van der Waals surface area contributed by atoms with Gasteiger partial charge < -0.3 is 29.6 Å². The van der Waals surface area contributed by atoms with Gasteiger partial charge in [0.15, 0.2) is 5.65 Å². The number of benzene rings is 1. The third kappa shape index (κ3) is 7.47. The fourth-order valence-electron chi connectivity index (χ4n) is 6.77. The molecule has 0 unspecified atom stereocenters. The van der Waals surface area contributed by atoms with Crippen molar-refractivity contribution in [3.63, 3.8) is 0 Å². The molecule has 2 aliphatic rings. The number of nitrogens with zero attached hydrogens (tertiary/aromatic N) is 6. The molecule has 0 saturated carbocycles. The summed E-state index contributed by atoms with van der Waals surface area (Å²) in [6.45, 7) is 13.8. The van der Waals surface area contributed by atoms with Crippen LogP contribution in [0.1, 0.15) is 46.5 Å². The molecule has 2 fully saturated rings. The highest BCUT2D eigenvalue weighted by atomic mass is 35.5. The SMILES string of the molecule is CNC(=O)Cn1cc2c(Cl)c(-c3cn(COCC[Si](C)(C)C)c4nc(N5[C@@H]6CC[C@H]5C[C@@H](NC(=O)OC(C)(C)C)C6)cnc34)ccc2n1. The molecule has 1 aromatic carbocycles. The number of amides is 2. The summed E-state index contributed by atoms with van der Waals surface area (Å²) in [4.78, 5) is 37.1. The Bertz CT molecular complexity index is 1810. The summed E-state index contributed by atoms with van der Waals surface area (Å²) in [6, 6.07) is 5.47. The average molecular weight is 695 g/mol. The fourth-order valence-corrected chi connectivity index (χ4v) is 7.83. The van der Waals surface area contributed by atoms with Gasteiger partial charge >= 0.3 is 6.09 Å². The number of aromatic nitrogens is 5. The molecule has 48 heavy (non-hydrogen) atoms. The highest BCUT2D eigenvalue weighted by Gasteiger charge is 2.42. The van der Waals surface area contributed by atoms with Crippen molar-refractivity contribution in [2.75, 3.05) is 18.6 Å². The number of nitrogens with one attached hydrogen (secondary N) is 2. The molecule has 2 N–H and O–H groups in total. The van der Waals surface area contributed by atoms with Gasteiger partial charge in [-0.15, -0.1) is 0 Å². The third-order valence-electron chi connectivity index (χ3n) is 9.04. The molecule has 258 valence electrons. The zero-order valence-electron chi connectivity index (χ0n) is 29.0. The summed E-state index contributed by atoms with van der Waals surface area (Å²) in [5.74, 6) is 0.690. The fraction of sp³-hybridized carbons (Fsp3) is 0.559. The Balaban J connectivity index is 1.31. The standard InChI is InChI=1S/C34H47ClN8O4Si/c1-34(2,3)47-33(45)38-21-14-22-8-9-23(15-21)43(22)28-16-37-31-25(17-41(32(31)39-28)20-46-12-13-48(5,6)7)24-10-11-27-26(30(24)35)18-42(40-27)19-29(44)36-4/h10-11,16-18,21-23H,8-9,12-15,19-20H2,1-7H3,(H,36,44)(H,38,45)/t21-,22+,23-. The number of carbonyl (C=O) groups is 2. The second-order valence-corrected chi connectivity index (χ2v) is 21.2. The molecule has 3 aromatic heterocycles. The van der Waals surface area contributed by atoms with Gasteiger partial charge in [0.25, 0.3) is 0 Å². The molecule has 14 heteroatoms. The molecule has 5 heterocycles. The number of anilines is 1. The lowest BCUT2D eigenvalue weighted by atomic mass is 9.97. The van der Waals surface area contributed by atoms with Crippen molar-refractivity contribution in [2.24, 2.45) is 0 Å². The zero-order valence-corrected chi connectivity index (χ0v) is 30.7. The van der Waals surface area contributed by atoms with Gasteiger partial charge in [0.1, 0.15) is 30.2 Å². The van der Waals surface area contributed by atoms with Crippen LogP contribution in [0.4, 0.5) is 10.6 Å². The van der Waals surface area contributed by atoms with E-state index in [4.69, 9.17) is 31.0 Å². The molecule has 2 bridgehead atoms. The maximum Gasteiger partial charge on any atom is 0.407 e. The predicted molar refractivity (Wildman–Crippen MR) is 191 cm³/mol. The third-order valence-corrected chi connectivity index (χ3v) is 11.2. The van der Waals surface area contributed by atoms with Gasteiger partial charge in [-0.2, -0.15) is 5.10 Å². The number of carbonyl (C=O) groups excluding carboxylic acids is 2. The van der Waals surface area contributed by atoms with Crippen LogP contribution in [0, 0.1) is 0 Å². The predicted octanol–water partition coefficient (Wildman–Crippen LogP) is 6.18. The Morgan fingerprint density at radius 2 is 1.81 bits per heavy atom. The van der Waals surface area contributed by atoms with Gasteiger partial charge in [0.2, 0.25) is 5.91 Å². The summed E-state index contributed by atoms with van der Waals surface area (Å²) >= 11 is 7.05. The Labute approximate surface area is 287 Å². The second kappa shape index (κ2) is 13.3. The van der Waals surface area contributed by atoms with Crippen LogP contribution >= 0.6 is 11.6 Å². The minimum Gasteiger partial charge on any atom is -0.444 e. The molecule has 0 spiro atoms. The largest absolute Gasteiger partial charge is 0.444 e. The Morgan fingerprint density at radius 1 is 1.08 bits per heavy atom. The minimum atomic E-state index is -1.26. The summed E-state index contributed by atoms with van der Waals surface area (Å²) < 4.78 is 15.4. The normalized spacial score (nSPS) is 19.7. The molecule has 12 nitrogen and oxygen atoms in total. The lowest BCUT2D eigenvalue weighted by molar-refractivity contribution is -0.121. The van der Waals surface area contributed by atoms with Crippen LogP contribution in [0.25, 0.3) is 33.2 Å². The number of ether oxygens (including phenoxy) is 2. The Kier molecular flexibility index (Phi) is 9.49. The Morgan fingerprint density at radius 3 is 2.48 bits per heavy atom. The summed E-state index contributed by atoms with van der Waals surface area (Å²) in [7, 11) is 0.339. The minimum absolute atomic E-state index is 0.0540. The summed E-state index contributed by atoms with van der Waals surface area (Å²) in [5.41, 5.74) is 3.30. The van der Waals surface area contributed by atoms with E-state index < -0.39 is 13.7 Å². The van der Waals surface area contributed by atoms with Crippen LogP contribution in [0.5, 0.6) is 0 Å². The van der Waals surface area contributed by atoms with Gasteiger partial charge in [-0.05, 0) is 58.6 Å². The van der Waals surface area contributed by atoms with E-state index in [-0.39, 0.29) is 36.7 Å². The average Bonchev–Trinajstić information content (AvgIpc) is 3.65. The van der Waals surface area contributed by atoms with Gasteiger partial charge in [0.05, 0.1) is 16.7 Å². The lowest BCUT2D eigenvalue weighted by Crippen LogP contribution is -2.51. The van der Waals surface area contributed by atoms with E-state index in [1.54, 1.807) is 17.9 Å². The van der Waals surface area contributed by atoms with E-state index in [9.17, 15) is 9.59 Å². The van der Waals surface area contributed by atoms with Crippen molar-refractivity contribution in [3.8, 4) is 11.1 Å². The first-order chi connectivity index (χ1) is 22.7. The van der Waals surface area contributed by atoms with Gasteiger partial charge in [-0.1, -0.05) is 37.3 Å². The van der Waals surface area contributed by atoms with Crippen molar-refractivity contribution in [1.29, 1.82) is 0 Å². The number of halogens is 1. The highest BCUT2D eigenvalue weighted by Crippen LogP contribution is 2.41. The molecular weight excluding hydrogens is 648 g/mol. The van der Waals surface area contributed by atoms with Gasteiger partial charge in [-0.3, -0.25) is 9.48 Å². The molecule has 3 atom stereocenters. The van der Waals surface area contributed by atoms with Gasteiger partial charge in [-0.25, -0.2) is 14.8 Å². The number of hydrogen-bond donors (Lipinski definition) is 2. The van der Waals surface area contributed by atoms with Gasteiger partial charge in [0, 0.05) is 68.8 Å². The van der Waals surface area contributed by atoms with E-state index in [0.717, 1.165) is 65.2 Å². The maximum atomic E-state index is 12.5. The van der Waals surface area contributed by atoms with Crippen molar-refractivity contribution < 1.29 is 19.1 Å². The topological polar surface area (TPSA) is 128 Å². The lowest BCUT2D eigenvalue weighted by Gasteiger charge is -2.39. The Hall–Kier alpha value is -3.68. The van der Waals surface area contributed by atoms with Crippen LogP contribution in [0.15, 0.2) is 30.7 Å². The number of piperidine rings is 1. The van der Waals surface area contributed by atoms with Crippen molar-refractivity contribution >= 4 is 59.6 Å². The van der Waals surface area contributed by atoms with E-state index in [1.165, 1.54) is 0 Å². The number of fused-ring (bicyclic) bond motifs is 4. The highest BCUT2D eigenvalue weighted by molar-refractivity contribution is 6.76. The summed E-state index contributed by atoms with van der Waals surface area (Å²) in [6.07, 6.45) is 9.04. The zero-order chi connectivity index (χ0) is 34.4. The molecule has 0 aliphatic carbocycles. The number of hydrogen-bond acceptors (Lipinski definition) is 8. The first-order valence-electron chi connectivity index (χ1n) is 16.8. The van der Waals surface area contributed by atoms with Crippen molar-refractivity contribution in [2.45, 2.75) is 109 Å². The van der Waals surface area contributed by atoms with Crippen molar-refractivity contribution in [1.82, 2.24) is 34.9 Å². The quantitative estimate of drug-likeness (QED) is 0.149. The first kappa shape index (κ1) is 34.2. The summed E-state index contributed by atoms with van der Waals surface area (Å²) in [5, 5.41) is 11.6. The van der Waals surface area contributed by atoms with E-state index >= 15 is 0 Å². The van der Waals surface area contributed by atoms with E-state index in [2.05, 4.69) is 40.3 Å². The molecular formula is C34H47ClN8O4Si. The van der Waals surface area contributed by atoms with Crippen LogP contribution in [-0.4, -0.2) is 81.8 Å². The maximum absolute atomic E-state index is 12.5. The molecule has 2 amide bonds. The molecule has 4 aromatic rings. The monoisotopic (exact) mass is 694 g/mol. The van der Waals surface area contributed by atoms with Crippen LogP contribution in [0.3, 0.4) is 0 Å². The van der Waals surface area contributed by atoms with Crippen LogP contribution in [0.2, 0.25) is 30.7 Å². The smallest absolute Gasteiger partial charge is 0.407 e. The first-order valence-corrected chi connectivity index (χ1v) is 20.9. The van der Waals surface area contributed by atoms with Crippen molar-refractivity contribution in [3.05, 3.63) is 35.7 Å². The van der Waals surface area contributed by atoms with E-state index in [1.807, 2.05) is 49.9 Å². The molecule has 2 saturated heterocycles. The second-order valence-electron chi connectivity index (χ2n) is 15.2. The number of rotatable bonds is 10. The number of alkyl carbamates (subject to hydrolysis) is 1. The van der Waals surface area contributed by atoms with Crippen LogP contribution < -0.4 is 15.5 Å². The molecule has 0 radical (unpaired) electrons.